The Balaban J connectivity index is 2.03. The first-order chi connectivity index (χ1) is 8.77. The lowest BCUT2D eigenvalue weighted by atomic mass is 9.75. The van der Waals surface area contributed by atoms with Crippen LogP contribution in [0.25, 0.3) is 0 Å². The van der Waals surface area contributed by atoms with E-state index in [0.717, 1.165) is 38.2 Å². The van der Waals surface area contributed by atoms with Crippen molar-refractivity contribution in [1.29, 1.82) is 0 Å². The van der Waals surface area contributed by atoms with Gasteiger partial charge in [0.1, 0.15) is 0 Å². The smallest absolute Gasteiger partial charge is 0.226 e. The van der Waals surface area contributed by atoms with Crippen LogP contribution in [0.15, 0.2) is 24.3 Å². The summed E-state index contributed by atoms with van der Waals surface area (Å²) in [7, 11) is 0. The number of hydrogen-bond acceptors (Lipinski definition) is 2. The van der Waals surface area contributed by atoms with Gasteiger partial charge in [-0.2, -0.15) is 0 Å². The fraction of sp³-hybridized carbons (Fsp3) is 0.533. The van der Waals surface area contributed by atoms with Crippen molar-refractivity contribution >= 4 is 11.6 Å². The quantitative estimate of drug-likeness (QED) is 0.820. The molecule has 1 saturated heterocycles. The van der Waals surface area contributed by atoms with Gasteiger partial charge in [0.2, 0.25) is 5.91 Å². The van der Waals surface area contributed by atoms with Gasteiger partial charge in [0.05, 0.1) is 0 Å². The predicted octanol–water partition coefficient (Wildman–Crippen LogP) is 2.06. The summed E-state index contributed by atoms with van der Waals surface area (Å²) in [6.45, 7) is 4.93. The van der Waals surface area contributed by atoms with Crippen molar-refractivity contribution in [3.8, 4) is 0 Å². The molecule has 0 bridgehead atoms. The number of carbonyl (C=O) groups excluding carboxylic acids is 1. The minimum Gasteiger partial charge on any atom is -0.317 e. The topological polar surface area (TPSA) is 32.3 Å². The van der Waals surface area contributed by atoms with Crippen LogP contribution < -0.4 is 10.2 Å². The molecule has 1 spiro atoms. The summed E-state index contributed by atoms with van der Waals surface area (Å²) in [4.78, 5) is 14.1. The lowest BCUT2D eigenvalue weighted by Gasteiger charge is -2.34. The highest BCUT2D eigenvalue weighted by Crippen LogP contribution is 2.45. The molecule has 18 heavy (non-hydrogen) atoms. The van der Waals surface area contributed by atoms with Crippen LogP contribution in [0.5, 0.6) is 0 Å². The monoisotopic (exact) mass is 244 g/mol. The average molecular weight is 244 g/mol. The minimum atomic E-state index is 0.201. The largest absolute Gasteiger partial charge is 0.317 e. The van der Waals surface area contributed by atoms with E-state index >= 15 is 0 Å². The Hall–Kier alpha value is -1.35. The Labute approximate surface area is 108 Å². The van der Waals surface area contributed by atoms with E-state index < -0.39 is 0 Å². The Bertz CT molecular complexity index is 463. The lowest BCUT2D eigenvalue weighted by molar-refractivity contribution is -0.118. The standard InChI is InChI=1S/C15H20N2O/c1-2-14(18)17-11-15(7-9-16-10-8-15)12-5-3-4-6-13(12)17/h3-6,16H,2,7-11H2,1H3. The van der Waals surface area contributed by atoms with Gasteiger partial charge in [-0.25, -0.2) is 0 Å². The molecule has 1 aromatic rings. The molecule has 96 valence electrons. The second kappa shape index (κ2) is 4.39. The van der Waals surface area contributed by atoms with E-state index in [9.17, 15) is 4.79 Å². The zero-order valence-corrected chi connectivity index (χ0v) is 10.9. The zero-order valence-electron chi connectivity index (χ0n) is 10.9. The van der Waals surface area contributed by atoms with Gasteiger partial charge in [-0.05, 0) is 37.6 Å². The van der Waals surface area contributed by atoms with Crippen LogP contribution in [0.1, 0.15) is 31.7 Å². The number of rotatable bonds is 1. The average Bonchev–Trinajstić information content (AvgIpc) is 2.74. The van der Waals surface area contributed by atoms with Gasteiger partial charge in [0.25, 0.3) is 0 Å². The molecule has 3 heteroatoms. The van der Waals surface area contributed by atoms with Crippen molar-refractivity contribution in [2.24, 2.45) is 0 Å². The summed E-state index contributed by atoms with van der Waals surface area (Å²) in [6, 6.07) is 8.45. The van der Waals surface area contributed by atoms with Gasteiger partial charge in [-0.1, -0.05) is 25.1 Å². The third-order valence-corrected chi connectivity index (χ3v) is 4.39. The summed E-state index contributed by atoms with van der Waals surface area (Å²) in [5.41, 5.74) is 2.73. The maximum atomic E-state index is 12.1. The number of anilines is 1. The maximum absolute atomic E-state index is 12.1. The Kier molecular flexibility index (Phi) is 2.86. The number of benzene rings is 1. The second-order valence-corrected chi connectivity index (χ2v) is 5.38. The van der Waals surface area contributed by atoms with E-state index in [1.807, 2.05) is 17.9 Å². The number of fused-ring (bicyclic) bond motifs is 2. The van der Waals surface area contributed by atoms with E-state index in [4.69, 9.17) is 0 Å². The number of para-hydroxylation sites is 1. The first-order valence-corrected chi connectivity index (χ1v) is 6.87. The molecular weight excluding hydrogens is 224 g/mol. The van der Waals surface area contributed by atoms with E-state index in [1.165, 1.54) is 5.56 Å². The molecule has 0 aromatic heterocycles. The summed E-state index contributed by atoms with van der Waals surface area (Å²) in [6.07, 6.45) is 2.86. The summed E-state index contributed by atoms with van der Waals surface area (Å²) in [5, 5.41) is 3.42. The molecule has 3 rings (SSSR count). The molecule has 0 saturated carbocycles. The third-order valence-electron chi connectivity index (χ3n) is 4.39. The van der Waals surface area contributed by atoms with Gasteiger partial charge >= 0.3 is 0 Å². The molecule has 1 fully saturated rings. The summed E-state index contributed by atoms with van der Waals surface area (Å²) >= 11 is 0. The molecule has 1 amide bonds. The van der Waals surface area contributed by atoms with Crippen molar-refractivity contribution < 1.29 is 4.79 Å². The molecule has 1 N–H and O–H groups in total. The van der Waals surface area contributed by atoms with Gasteiger partial charge in [0, 0.05) is 24.1 Å². The molecule has 1 aromatic carbocycles. The molecule has 3 nitrogen and oxygen atoms in total. The van der Waals surface area contributed by atoms with E-state index in [2.05, 4.69) is 23.5 Å². The fourth-order valence-corrected chi connectivity index (χ4v) is 3.38. The molecule has 2 heterocycles. The van der Waals surface area contributed by atoms with Crippen molar-refractivity contribution in [2.75, 3.05) is 24.5 Å². The predicted molar refractivity (Wildman–Crippen MR) is 72.9 cm³/mol. The fourth-order valence-electron chi connectivity index (χ4n) is 3.38. The SMILES string of the molecule is CCC(=O)N1CC2(CCNCC2)c2ccccc21. The van der Waals surface area contributed by atoms with Gasteiger partial charge < -0.3 is 10.2 Å². The van der Waals surface area contributed by atoms with Crippen LogP contribution in [-0.2, 0) is 10.2 Å². The van der Waals surface area contributed by atoms with Crippen LogP contribution in [-0.4, -0.2) is 25.5 Å². The molecule has 0 radical (unpaired) electrons. The van der Waals surface area contributed by atoms with E-state index in [1.54, 1.807) is 0 Å². The number of nitrogens with zero attached hydrogens (tertiary/aromatic N) is 1. The Morgan fingerprint density at radius 1 is 1.33 bits per heavy atom. The molecule has 2 aliphatic rings. The molecule has 0 unspecified atom stereocenters. The van der Waals surface area contributed by atoms with Crippen LogP contribution in [0, 0.1) is 0 Å². The normalized spacial score (nSPS) is 21.1. The van der Waals surface area contributed by atoms with E-state index in [-0.39, 0.29) is 11.3 Å². The number of nitrogens with one attached hydrogen (secondary N) is 1. The highest BCUT2D eigenvalue weighted by molar-refractivity contribution is 5.96. The maximum Gasteiger partial charge on any atom is 0.226 e. The van der Waals surface area contributed by atoms with Gasteiger partial charge in [-0.15, -0.1) is 0 Å². The highest BCUT2D eigenvalue weighted by Gasteiger charge is 2.44. The lowest BCUT2D eigenvalue weighted by Crippen LogP contribution is -2.44. The summed E-state index contributed by atoms with van der Waals surface area (Å²) < 4.78 is 0. The number of amides is 1. The molecule has 0 atom stereocenters. The molecule has 2 aliphatic heterocycles. The Morgan fingerprint density at radius 2 is 2.06 bits per heavy atom. The van der Waals surface area contributed by atoms with Crippen LogP contribution >= 0.6 is 0 Å². The highest BCUT2D eigenvalue weighted by atomic mass is 16.2. The van der Waals surface area contributed by atoms with Crippen LogP contribution in [0.4, 0.5) is 5.69 Å². The molecule has 0 aliphatic carbocycles. The van der Waals surface area contributed by atoms with Gasteiger partial charge in [-0.3, -0.25) is 4.79 Å². The minimum absolute atomic E-state index is 0.201. The number of carbonyl (C=O) groups is 1. The zero-order chi connectivity index (χ0) is 12.6. The summed E-state index contributed by atoms with van der Waals surface area (Å²) in [5.74, 6) is 0.248. The Morgan fingerprint density at radius 3 is 2.78 bits per heavy atom. The number of hydrogen-bond donors (Lipinski definition) is 1. The van der Waals surface area contributed by atoms with Crippen molar-refractivity contribution in [3.05, 3.63) is 29.8 Å². The van der Waals surface area contributed by atoms with Crippen LogP contribution in [0.2, 0.25) is 0 Å². The van der Waals surface area contributed by atoms with E-state index in [0.29, 0.717) is 6.42 Å². The van der Waals surface area contributed by atoms with Crippen molar-refractivity contribution in [1.82, 2.24) is 5.32 Å². The third kappa shape index (κ3) is 1.65. The van der Waals surface area contributed by atoms with Crippen molar-refractivity contribution in [2.45, 2.75) is 31.6 Å². The number of piperidine rings is 1. The van der Waals surface area contributed by atoms with Crippen LogP contribution in [0.3, 0.4) is 0 Å². The first kappa shape index (κ1) is 11.7. The van der Waals surface area contributed by atoms with Gasteiger partial charge in [0.15, 0.2) is 0 Å². The second-order valence-electron chi connectivity index (χ2n) is 5.38. The molecular formula is C15H20N2O. The first-order valence-electron chi connectivity index (χ1n) is 6.87. The van der Waals surface area contributed by atoms with Crippen molar-refractivity contribution in [3.63, 3.8) is 0 Å².